The third-order valence-electron chi connectivity index (χ3n) is 5.14. The molecule has 0 spiro atoms. The summed E-state index contributed by atoms with van der Waals surface area (Å²) >= 11 is 0. The van der Waals surface area contributed by atoms with Crippen LogP contribution in [-0.4, -0.2) is 69.3 Å². The molecule has 2 aliphatic rings. The standard InChI is InChI=1S/C17H25N7O/c1-22-14-5-9-24(16-4-6-18-13-19-16)15(17(14)20-21-22)12-25-11-10-23-7-2-3-8-23/h4,6,13,15H,2-3,5,7-12H2,1H3. The van der Waals surface area contributed by atoms with Gasteiger partial charge in [-0.05, 0) is 32.0 Å². The van der Waals surface area contributed by atoms with Crippen LogP contribution in [-0.2, 0) is 18.2 Å². The van der Waals surface area contributed by atoms with E-state index in [4.69, 9.17) is 4.74 Å². The number of hydrogen-bond donors (Lipinski definition) is 0. The van der Waals surface area contributed by atoms with Crippen molar-refractivity contribution in [3.05, 3.63) is 30.0 Å². The van der Waals surface area contributed by atoms with Crippen LogP contribution in [0.4, 0.5) is 5.82 Å². The molecule has 2 aliphatic heterocycles. The minimum atomic E-state index is 0.0472. The van der Waals surface area contributed by atoms with E-state index in [2.05, 4.69) is 30.1 Å². The summed E-state index contributed by atoms with van der Waals surface area (Å²) in [5.74, 6) is 0.916. The number of ether oxygens (including phenoxy) is 1. The molecule has 0 saturated carbocycles. The van der Waals surface area contributed by atoms with Crippen LogP contribution in [0.1, 0.15) is 30.3 Å². The second-order valence-electron chi connectivity index (χ2n) is 6.70. The highest BCUT2D eigenvalue weighted by Gasteiger charge is 2.32. The molecule has 0 amide bonds. The van der Waals surface area contributed by atoms with Gasteiger partial charge in [0.15, 0.2) is 0 Å². The van der Waals surface area contributed by atoms with Crippen LogP contribution in [0.3, 0.4) is 0 Å². The van der Waals surface area contributed by atoms with Crippen LogP contribution in [0.2, 0.25) is 0 Å². The molecule has 8 nitrogen and oxygen atoms in total. The van der Waals surface area contributed by atoms with Gasteiger partial charge < -0.3 is 14.5 Å². The first-order valence-corrected chi connectivity index (χ1v) is 9.04. The van der Waals surface area contributed by atoms with Gasteiger partial charge in [-0.25, -0.2) is 9.97 Å². The summed E-state index contributed by atoms with van der Waals surface area (Å²) < 4.78 is 7.93. The van der Waals surface area contributed by atoms with E-state index in [1.165, 1.54) is 31.6 Å². The van der Waals surface area contributed by atoms with Gasteiger partial charge in [0, 0.05) is 32.8 Å². The molecule has 134 valence electrons. The molecule has 1 saturated heterocycles. The first-order valence-electron chi connectivity index (χ1n) is 9.04. The summed E-state index contributed by atoms with van der Waals surface area (Å²) in [7, 11) is 1.96. The van der Waals surface area contributed by atoms with Crippen molar-refractivity contribution < 1.29 is 4.74 Å². The SMILES string of the molecule is Cn1nnc2c1CCN(c1ccncn1)C2COCCN1CCCC1. The Morgan fingerprint density at radius 2 is 2.12 bits per heavy atom. The zero-order chi connectivity index (χ0) is 17.1. The fourth-order valence-electron chi connectivity index (χ4n) is 3.76. The number of anilines is 1. The predicted molar refractivity (Wildman–Crippen MR) is 93.3 cm³/mol. The lowest BCUT2D eigenvalue weighted by molar-refractivity contribution is 0.0963. The van der Waals surface area contributed by atoms with Gasteiger partial charge in [0.25, 0.3) is 0 Å². The van der Waals surface area contributed by atoms with Gasteiger partial charge >= 0.3 is 0 Å². The lowest BCUT2D eigenvalue weighted by Gasteiger charge is -2.35. The van der Waals surface area contributed by atoms with Crippen LogP contribution in [0, 0.1) is 0 Å². The van der Waals surface area contributed by atoms with Crippen LogP contribution in [0.15, 0.2) is 18.6 Å². The van der Waals surface area contributed by atoms with E-state index in [1.54, 1.807) is 12.5 Å². The molecule has 2 aromatic heterocycles. The van der Waals surface area contributed by atoms with Crippen LogP contribution < -0.4 is 4.90 Å². The Labute approximate surface area is 147 Å². The number of hydrogen-bond acceptors (Lipinski definition) is 7. The van der Waals surface area contributed by atoms with E-state index < -0.39 is 0 Å². The van der Waals surface area contributed by atoms with E-state index in [0.29, 0.717) is 6.61 Å². The van der Waals surface area contributed by atoms with Crippen molar-refractivity contribution in [2.45, 2.75) is 25.3 Å². The van der Waals surface area contributed by atoms with Gasteiger partial charge in [0.2, 0.25) is 0 Å². The Balaban J connectivity index is 1.45. The molecule has 4 heterocycles. The molecule has 0 N–H and O–H groups in total. The number of fused-ring (bicyclic) bond motifs is 1. The maximum absolute atomic E-state index is 6.05. The molecule has 25 heavy (non-hydrogen) atoms. The Morgan fingerprint density at radius 1 is 1.24 bits per heavy atom. The predicted octanol–water partition coefficient (Wildman–Crippen LogP) is 0.821. The number of nitrogens with zero attached hydrogens (tertiary/aromatic N) is 7. The van der Waals surface area contributed by atoms with Crippen molar-refractivity contribution in [1.29, 1.82) is 0 Å². The highest BCUT2D eigenvalue weighted by Crippen LogP contribution is 2.31. The lowest BCUT2D eigenvalue weighted by Crippen LogP contribution is -2.39. The van der Waals surface area contributed by atoms with Gasteiger partial charge in [-0.15, -0.1) is 5.10 Å². The second kappa shape index (κ2) is 7.45. The van der Waals surface area contributed by atoms with Crippen LogP contribution in [0.25, 0.3) is 0 Å². The van der Waals surface area contributed by atoms with Gasteiger partial charge in [-0.1, -0.05) is 5.21 Å². The summed E-state index contributed by atoms with van der Waals surface area (Å²) in [6, 6.07) is 1.99. The molecule has 8 heteroatoms. The number of aromatic nitrogens is 5. The van der Waals surface area contributed by atoms with Gasteiger partial charge in [-0.3, -0.25) is 4.68 Å². The summed E-state index contributed by atoms with van der Waals surface area (Å²) in [6.45, 7) is 5.65. The minimum absolute atomic E-state index is 0.0472. The molecule has 1 unspecified atom stereocenters. The molecule has 1 fully saturated rings. The summed E-state index contributed by atoms with van der Waals surface area (Å²) in [4.78, 5) is 13.2. The Hall–Kier alpha value is -2.06. The third-order valence-corrected chi connectivity index (χ3v) is 5.14. The van der Waals surface area contributed by atoms with Gasteiger partial charge in [-0.2, -0.15) is 0 Å². The van der Waals surface area contributed by atoms with Crippen molar-refractivity contribution in [1.82, 2.24) is 29.9 Å². The number of rotatable bonds is 6. The fraction of sp³-hybridized carbons (Fsp3) is 0.647. The Bertz CT molecular complexity index is 684. The number of aryl methyl sites for hydroxylation is 1. The first kappa shape index (κ1) is 16.4. The van der Waals surface area contributed by atoms with E-state index in [-0.39, 0.29) is 6.04 Å². The average Bonchev–Trinajstić information content (AvgIpc) is 3.30. The average molecular weight is 343 g/mol. The lowest BCUT2D eigenvalue weighted by atomic mass is 10.0. The molecular weight excluding hydrogens is 318 g/mol. The van der Waals surface area contributed by atoms with E-state index in [9.17, 15) is 0 Å². The fourth-order valence-corrected chi connectivity index (χ4v) is 3.76. The molecular formula is C17H25N7O. The molecule has 0 aliphatic carbocycles. The topological polar surface area (TPSA) is 72.2 Å². The molecule has 0 bridgehead atoms. The summed E-state index contributed by atoms with van der Waals surface area (Å²) in [5.41, 5.74) is 2.20. The maximum atomic E-state index is 6.05. The van der Waals surface area contributed by atoms with Crippen molar-refractivity contribution >= 4 is 5.82 Å². The monoisotopic (exact) mass is 343 g/mol. The van der Waals surface area contributed by atoms with Gasteiger partial charge in [0.1, 0.15) is 17.8 Å². The van der Waals surface area contributed by atoms with Crippen molar-refractivity contribution in [3.8, 4) is 0 Å². The van der Waals surface area contributed by atoms with E-state index in [1.807, 2.05) is 17.8 Å². The molecule has 4 rings (SSSR count). The van der Waals surface area contributed by atoms with E-state index in [0.717, 1.165) is 37.6 Å². The van der Waals surface area contributed by atoms with Gasteiger partial charge in [0.05, 0.1) is 24.9 Å². The third kappa shape index (κ3) is 3.50. The molecule has 0 aromatic carbocycles. The second-order valence-corrected chi connectivity index (χ2v) is 6.70. The molecule has 2 aromatic rings. The normalized spacial score (nSPS) is 20.8. The minimum Gasteiger partial charge on any atom is -0.378 e. The van der Waals surface area contributed by atoms with Crippen LogP contribution >= 0.6 is 0 Å². The highest BCUT2D eigenvalue weighted by atomic mass is 16.5. The zero-order valence-corrected chi connectivity index (χ0v) is 14.7. The Morgan fingerprint density at radius 3 is 2.92 bits per heavy atom. The van der Waals surface area contributed by atoms with Crippen molar-refractivity contribution in [2.24, 2.45) is 7.05 Å². The largest absolute Gasteiger partial charge is 0.378 e. The van der Waals surface area contributed by atoms with Crippen molar-refractivity contribution in [3.63, 3.8) is 0 Å². The van der Waals surface area contributed by atoms with Crippen molar-refractivity contribution in [2.75, 3.05) is 44.3 Å². The highest BCUT2D eigenvalue weighted by molar-refractivity contribution is 5.43. The maximum Gasteiger partial charge on any atom is 0.132 e. The number of likely N-dealkylation sites (tertiary alicyclic amines) is 1. The van der Waals surface area contributed by atoms with Crippen LogP contribution in [0.5, 0.6) is 0 Å². The van der Waals surface area contributed by atoms with E-state index >= 15 is 0 Å². The summed E-state index contributed by atoms with van der Waals surface area (Å²) in [5, 5.41) is 8.62. The molecule has 0 radical (unpaired) electrons. The molecule has 1 atom stereocenters. The first-order chi connectivity index (χ1) is 12.3. The smallest absolute Gasteiger partial charge is 0.132 e. The quantitative estimate of drug-likeness (QED) is 0.719. The summed E-state index contributed by atoms with van der Waals surface area (Å²) in [6.07, 6.45) is 6.90. The zero-order valence-electron chi connectivity index (χ0n) is 14.7. The Kier molecular flexibility index (Phi) is 4.89.